The van der Waals surface area contributed by atoms with Crippen LogP contribution in [0.3, 0.4) is 0 Å². The van der Waals surface area contributed by atoms with Crippen molar-refractivity contribution >= 4 is 11.8 Å². The van der Waals surface area contributed by atoms with Crippen LogP contribution in [0, 0.1) is 17.8 Å². The molecule has 0 radical (unpaired) electrons. The summed E-state index contributed by atoms with van der Waals surface area (Å²) in [6.45, 7) is 0. The fourth-order valence-corrected chi connectivity index (χ4v) is 6.10. The number of hydrogen-bond acceptors (Lipinski definition) is 3. The van der Waals surface area contributed by atoms with Crippen LogP contribution in [0.1, 0.15) is 64.2 Å². The molecule has 0 saturated heterocycles. The van der Waals surface area contributed by atoms with Gasteiger partial charge in [-0.1, -0.05) is 25.7 Å². The van der Waals surface area contributed by atoms with Crippen LogP contribution in [0.4, 0.5) is 0 Å². The third-order valence-corrected chi connectivity index (χ3v) is 7.33. The first kappa shape index (κ1) is 14.2. The molecule has 0 heterocycles. The smallest absolute Gasteiger partial charge is 0.0303 e. The predicted molar refractivity (Wildman–Crippen MR) is 84.0 cm³/mol. The van der Waals surface area contributed by atoms with Crippen LogP contribution in [0.2, 0.25) is 0 Å². The van der Waals surface area contributed by atoms with Crippen LogP contribution >= 0.6 is 11.8 Å². The third kappa shape index (κ3) is 3.68. The number of rotatable bonds is 6. The maximum Gasteiger partial charge on any atom is 0.0303 e. The van der Waals surface area contributed by atoms with Crippen LogP contribution < -0.4 is 11.3 Å². The molecule has 2 bridgehead atoms. The molecule has 3 heteroatoms. The van der Waals surface area contributed by atoms with Gasteiger partial charge in [-0.15, -0.1) is 0 Å². The van der Waals surface area contributed by atoms with E-state index in [1.54, 1.807) is 0 Å². The largest absolute Gasteiger partial charge is 0.271 e. The molecule has 3 aliphatic carbocycles. The van der Waals surface area contributed by atoms with Gasteiger partial charge in [0.2, 0.25) is 0 Å². The Kier molecular flexibility index (Phi) is 5.10. The normalized spacial score (nSPS) is 36.8. The van der Waals surface area contributed by atoms with E-state index >= 15 is 0 Å². The van der Waals surface area contributed by atoms with Crippen LogP contribution in [-0.4, -0.2) is 17.0 Å². The molecule has 3 N–H and O–H groups in total. The van der Waals surface area contributed by atoms with E-state index in [4.69, 9.17) is 5.84 Å². The molecule has 110 valence electrons. The average Bonchev–Trinajstić information content (AvgIpc) is 3.07. The lowest BCUT2D eigenvalue weighted by Crippen LogP contribution is -2.39. The van der Waals surface area contributed by atoms with Gasteiger partial charge in [-0.2, -0.15) is 11.8 Å². The molecule has 19 heavy (non-hydrogen) atoms. The van der Waals surface area contributed by atoms with Gasteiger partial charge in [0.25, 0.3) is 0 Å². The Hall–Kier alpha value is 0.270. The Morgan fingerprint density at radius 3 is 2.53 bits per heavy atom. The average molecular weight is 282 g/mol. The number of fused-ring (bicyclic) bond motifs is 2. The lowest BCUT2D eigenvalue weighted by atomic mass is 9.84. The first-order valence-electron chi connectivity index (χ1n) is 8.43. The van der Waals surface area contributed by atoms with Crippen molar-refractivity contribution in [3.05, 3.63) is 0 Å². The topological polar surface area (TPSA) is 38.0 Å². The minimum absolute atomic E-state index is 0.552. The second-order valence-electron chi connectivity index (χ2n) is 7.13. The molecule has 0 spiro atoms. The van der Waals surface area contributed by atoms with E-state index in [0.717, 1.165) is 23.0 Å². The minimum Gasteiger partial charge on any atom is -0.271 e. The van der Waals surface area contributed by atoms with E-state index in [1.807, 2.05) is 0 Å². The van der Waals surface area contributed by atoms with Crippen molar-refractivity contribution in [1.29, 1.82) is 0 Å². The lowest BCUT2D eigenvalue weighted by Gasteiger charge is -2.28. The number of nitrogens with two attached hydrogens (primary N) is 1. The van der Waals surface area contributed by atoms with Crippen molar-refractivity contribution < 1.29 is 0 Å². The quantitative estimate of drug-likeness (QED) is 0.576. The Labute approximate surface area is 122 Å². The summed E-state index contributed by atoms with van der Waals surface area (Å²) < 4.78 is 0. The zero-order valence-electron chi connectivity index (χ0n) is 12.2. The highest BCUT2D eigenvalue weighted by Crippen LogP contribution is 2.50. The predicted octanol–water partition coefficient (Wildman–Crippen LogP) is 3.71. The Morgan fingerprint density at radius 2 is 1.89 bits per heavy atom. The first-order valence-corrected chi connectivity index (χ1v) is 9.47. The summed E-state index contributed by atoms with van der Waals surface area (Å²) in [5.41, 5.74) is 3.11. The third-order valence-electron chi connectivity index (χ3n) is 5.79. The molecule has 3 fully saturated rings. The number of nitrogens with one attached hydrogen (secondary N) is 1. The van der Waals surface area contributed by atoms with Crippen LogP contribution in [0.25, 0.3) is 0 Å². The zero-order valence-corrected chi connectivity index (χ0v) is 13.0. The summed E-state index contributed by atoms with van der Waals surface area (Å²) in [5, 5.41) is 0.921. The maximum atomic E-state index is 5.80. The number of hydrogen-bond donors (Lipinski definition) is 2. The van der Waals surface area contributed by atoms with Gasteiger partial charge in [0, 0.05) is 17.0 Å². The fraction of sp³-hybridized carbons (Fsp3) is 1.00. The maximum absolute atomic E-state index is 5.80. The monoisotopic (exact) mass is 282 g/mol. The van der Waals surface area contributed by atoms with Crippen molar-refractivity contribution in [3.8, 4) is 0 Å². The van der Waals surface area contributed by atoms with E-state index in [2.05, 4.69) is 17.2 Å². The molecule has 3 rings (SSSR count). The summed E-state index contributed by atoms with van der Waals surface area (Å²) in [7, 11) is 0. The lowest BCUT2D eigenvalue weighted by molar-refractivity contribution is 0.286. The molecular formula is C16H30N2S. The molecule has 0 aromatic heterocycles. The van der Waals surface area contributed by atoms with E-state index in [9.17, 15) is 0 Å². The van der Waals surface area contributed by atoms with E-state index in [1.165, 1.54) is 70.0 Å². The van der Waals surface area contributed by atoms with E-state index in [-0.39, 0.29) is 0 Å². The van der Waals surface area contributed by atoms with Gasteiger partial charge >= 0.3 is 0 Å². The number of thioether (sulfide) groups is 1. The molecule has 3 aliphatic rings. The zero-order chi connectivity index (χ0) is 13.1. The molecule has 0 aliphatic heterocycles. The summed E-state index contributed by atoms with van der Waals surface area (Å²) in [5.74, 6) is 10.1. The van der Waals surface area contributed by atoms with Gasteiger partial charge in [-0.3, -0.25) is 11.3 Å². The van der Waals surface area contributed by atoms with Crippen molar-refractivity contribution in [2.45, 2.75) is 75.5 Å². The summed E-state index contributed by atoms with van der Waals surface area (Å²) in [4.78, 5) is 0. The van der Waals surface area contributed by atoms with Gasteiger partial charge in [-0.05, 0) is 56.3 Å². The first-order chi connectivity index (χ1) is 9.35. The molecule has 4 atom stereocenters. The van der Waals surface area contributed by atoms with E-state index < -0.39 is 0 Å². The summed E-state index contributed by atoms with van der Waals surface area (Å²) in [6, 6.07) is 0.552. The Bertz CT molecular complexity index is 278. The van der Waals surface area contributed by atoms with Gasteiger partial charge in [-0.25, -0.2) is 0 Å². The minimum atomic E-state index is 0.552. The molecule has 0 amide bonds. The molecular weight excluding hydrogens is 252 g/mol. The second-order valence-corrected chi connectivity index (χ2v) is 8.46. The van der Waals surface area contributed by atoms with Gasteiger partial charge < -0.3 is 0 Å². The summed E-state index contributed by atoms with van der Waals surface area (Å²) >= 11 is 2.19. The number of hydrazine groups is 1. The molecule has 3 saturated carbocycles. The fourth-order valence-electron chi connectivity index (χ4n) is 4.70. The van der Waals surface area contributed by atoms with Crippen molar-refractivity contribution in [3.63, 3.8) is 0 Å². The molecule has 0 aromatic rings. The summed E-state index contributed by atoms with van der Waals surface area (Å²) in [6.07, 6.45) is 14.6. The SMILES string of the molecule is NNC(CSC1CCCCC1)CC1CC2CCC1C2. The van der Waals surface area contributed by atoms with Crippen molar-refractivity contribution in [2.24, 2.45) is 23.6 Å². The Balaban J connectivity index is 1.40. The molecule has 4 unspecified atom stereocenters. The second kappa shape index (κ2) is 6.82. The van der Waals surface area contributed by atoms with Gasteiger partial charge in [0.1, 0.15) is 0 Å². The Morgan fingerprint density at radius 1 is 1.05 bits per heavy atom. The standard InChI is InChI=1S/C16H30N2S/c17-18-15(11-19-16-4-2-1-3-5-16)10-14-9-12-6-7-13(14)8-12/h12-16,18H,1-11,17H2. The van der Waals surface area contributed by atoms with Crippen LogP contribution in [0.15, 0.2) is 0 Å². The van der Waals surface area contributed by atoms with Crippen molar-refractivity contribution in [2.75, 3.05) is 5.75 Å². The van der Waals surface area contributed by atoms with Gasteiger partial charge in [0.05, 0.1) is 0 Å². The van der Waals surface area contributed by atoms with E-state index in [0.29, 0.717) is 6.04 Å². The van der Waals surface area contributed by atoms with Crippen LogP contribution in [0.5, 0.6) is 0 Å². The van der Waals surface area contributed by atoms with Gasteiger partial charge in [0.15, 0.2) is 0 Å². The highest BCUT2D eigenvalue weighted by atomic mass is 32.2. The highest BCUT2D eigenvalue weighted by Gasteiger charge is 2.40. The van der Waals surface area contributed by atoms with Crippen LogP contribution in [-0.2, 0) is 0 Å². The van der Waals surface area contributed by atoms with Crippen molar-refractivity contribution in [1.82, 2.24) is 5.43 Å². The molecule has 0 aromatic carbocycles. The highest BCUT2D eigenvalue weighted by molar-refractivity contribution is 7.99. The molecule has 2 nitrogen and oxygen atoms in total.